The molecule has 0 saturated carbocycles. The molecule has 0 radical (unpaired) electrons. The zero-order valence-electron chi connectivity index (χ0n) is 11.8. The molecule has 9 heteroatoms. The van der Waals surface area contributed by atoms with Crippen LogP contribution in [0.5, 0.6) is 5.75 Å². The Balaban J connectivity index is 1.94. The molecule has 1 unspecified atom stereocenters. The maximum atomic E-state index is 12.0. The number of carboxylic acid groups (broad SMARTS) is 1. The number of urea groups is 1. The van der Waals surface area contributed by atoms with Crippen molar-refractivity contribution in [3.63, 3.8) is 0 Å². The van der Waals surface area contributed by atoms with Crippen molar-refractivity contribution in [1.82, 2.24) is 9.88 Å². The molecule has 22 heavy (non-hydrogen) atoms. The summed E-state index contributed by atoms with van der Waals surface area (Å²) in [7, 11) is 0. The zero-order chi connectivity index (χ0) is 16.3. The monoisotopic (exact) mass is 315 g/mol. The van der Waals surface area contributed by atoms with Gasteiger partial charge in [-0.2, -0.15) is 8.78 Å². The number of hydrogen-bond donors (Lipinski definition) is 2. The Hall–Kier alpha value is -2.45. The number of ether oxygens (including phenoxy) is 1. The summed E-state index contributed by atoms with van der Waals surface area (Å²) < 4.78 is 28.1. The lowest BCUT2D eigenvalue weighted by molar-refractivity contribution is -0.146. The average Bonchev–Trinajstić information content (AvgIpc) is 2.85. The molecule has 0 aliphatic carbocycles. The van der Waals surface area contributed by atoms with Gasteiger partial charge in [-0.1, -0.05) is 0 Å². The summed E-state index contributed by atoms with van der Waals surface area (Å²) in [6, 6.07) is 2.09. The Morgan fingerprint density at radius 1 is 1.50 bits per heavy atom. The van der Waals surface area contributed by atoms with E-state index in [0.717, 1.165) is 6.20 Å². The molecule has 2 N–H and O–H groups in total. The number of carboxylic acids is 1. The van der Waals surface area contributed by atoms with Gasteiger partial charge < -0.3 is 14.7 Å². The average molecular weight is 315 g/mol. The number of alkyl halides is 2. The van der Waals surface area contributed by atoms with Crippen molar-refractivity contribution < 1.29 is 28.2 Å². The van der Waals surface area contributed by atoms with Crippen LogP contribution in [-0.2, 0) is 4.79 Å². The largest absolute Gasteiger partial charge is 0.481 e. The fourth-order valence-corrected chi connectivity index (χ4v) is 2.12. The highest BCUT2D eigenvalue weighted by Crippen LogP contribution is 2.30. The van der Waals surface area contributed by atoms with E-state index in [9.17, 15) is 18.4 Å². The third-order valence-electron chi connectivity index (χ3n) is 3.47. The van der Waals surface area contributed by atoms with Gasteiger partial charge in [0.1, 0.15) is 11.6 Å². The van der Waals surface area contributed by atoms with E-state index in [1.807, 2.05) is 0 Å². The smallest absolute Gasteiger partial charge is 0.387 e. The number of halogens is 2. The van der Waals surface area contributed by atoms with Gasteiger partial charge in [-0.3, -0.25) is 10.1 Å². The SMILES string of the molecule is CC1(C(=O)O)CCN(C(=O)Nc2ccc(OC(F)F)cn2)C1. The van der Waals surface area contributed by atoms with Crippen LogP contribution >= 0.6 is 0 Å². The number of nitrogens with one attached hydrogen (secondary N) is 1. The van der Waals surface area contributed by atoms with Gasteiger partial charge in [-0.05, 0) is 25.5 Å². The quantitative estimate of drug-likeness (QED) is 0.887. The van der Waals surface area contributed by atoms with Gasteiger partial charge in [0.25, 0.3) is 0 Å². The van der Waals surface area contributed by atoms with E-state index >= 15 is 0 Å². The Kier molecular flexibility index (Phi) is 4.43. The Morgan fingerprint density at radius 2 is 2.23 bits per heavy atom. The summed E-state index contributed by atoms with van der Waals surface area (Å²) in [6.45, 7) is -0.945. The Labute approximate surface area is 124 Å². The Morgan fingerprint density at radius 3 is 2.73 bits per heavy atom. The highest BCUT2D eigenvalue weighted by molar-refractivity contribution is 5.89. The fraction of sp³-hybridized carbons (Fsp3) is 0.462. The minimum Gasteiger partial charge on any atom is -0.481 e. The zero-order valence-corrected chi connectivity index (χ0v) is 11.8. The van der Waals surface area contributed by atoms with Crippen LogP contribution in [0, 0.1) is 5.41 Å². The van der Waals surface area contributed by atoms with E-state index < -0.39 is 24.0 Å². The number of pyridine rings is 1. The third-order valence-corrected chi connectivity index (χ3v) is 3.47. The first-order valence-electron chi connectivity index (χ1n) is 6.50. The first-order valence-corrected chi connectivity index (χ1v) is 6.50. The first-order chi connectivity index (χ1) is 10.3. The highest BCUT2D eigenvalue weighted by atomic mass is 19.3. The van der Waals surface area contributed by atoms with Crippen LogP contribution in [0.3, 0.4) is 0 Å². The number of carbonyl (C=O) groups excluding carboxylic acids is 1. The number of aromatic nitrogens is 1. The maximum absolute atomic E-state index is 12.0. The van der Waals surface area contributed by atoms with Crippen molar-refractivity contribution in [2.45, 2.75) is 20.0 Å². The molecule has 1 aromatic rings. The number of anilines is 1. The molecule has 2 amide bonds. The molecule has 0 bridgehead atoms. The van der Waals surface area contributed by atoms with Gasteiger partial charge >= 0.3 is 18.6 Å². The van der Waals surface area contributed by atoms with Crippen LogP contribution in [0.4, 0.5) is 19.4 Å². The van der Waals surface area contributed by atoms with E-state index in [4.69, 9.17) is 5.11 Å². The summed E-state index contributed by atoms with van der Waals surface area (Å²) >= 11 is 0. The third kappa shape index (κ3) is 3.60. The first kappa shape index (κ1) is 15.9. The summed E-state index contributed by atoms with van der Waals surface area (Å²) in [6.07, 6.45) is 1.43. The van der Waals surface area contributed by atoms with E-state index in [0.29, 0.717) is 13.0 Å². The topological polar surface area (TPSA) is 91.8 Å². The predicted molar refractivity (Wildman–Crippen MR) is 71.8 cm³/mol. The van der Waals surface area contributed by atoms with Crippen molar-refractivity contribution in [3.05, 3.63) is 18.3 Å². The molecule has 1 atom stereocenters. The normalized spacial score (nSPS) is 21.0. The van der Waals surface area contributed by atoms with Crippen LogP contribution in [0.1, 0.15) is 13.3 Å². The molecule has 1 aliphatic rings. The predicted octanol–water partition coefficient (Wildman–Crippen LogP) is 2.01. The number of nitrogens with zero attached hydrogens (tertiary/aromatic N) is 2. The summed E-state index contributed by atoms with van der Waals surface area (Å²) in [5, 5.41) is 11.6. The number of likely N-dealkylation sites (tertiary alicyclic amines) is 1. The van der Waals surface area contributed by atoms with Gasteiger partial charge in [0.2, 0.25) is 0 Å². The molecule has 1 fully saturated rings. The van der Waals surface area contributed by atoms with E-state index in [2.05, 4.69) is 15.0 Å². The number of aliphatic carboxylic acids is 1. The maximum Gasteiger partial charge on any atom is 0.387 e. The van der Waals surface area contributed by atoms with Crippen LogP contribution < -0.4 is 10.1 Å². The molecule has 1 saturated heterocycles. The van der Waals surface area contributed by atoms with Crippen LogP contribution in [0.25, 0.3) is 0 Å². The molecule has 1 aliphatic heterocycles. The second-order valence-electron chi connectivity index (χ2n) is 5.23. The summed E-state index contributed by atoms with van der Waals surface area (Å²) in [4.78, 5) is 28.3. The number of amides is 2. The molecular formula is C13H15F2N3O4. The van der Waals surface area contributed by atoms with Gasteiger partial charge in [-0.15, -0.1) is 0 Å². The van der Waals surface area contributed by atoms with Gasteiger partial charge in [-0.25, -0.2) is 9.78 Å². The van der Waals surface area contributed by atoms with Crippen LogP contribution in [0.2, 0.25) is 0 Å². The molecule has 2 heterocycles. The van der Waals surface area contributed by atoms with Gasteiger partial charge in [0.05, 0.1) is 11.6 Å². The molecule has 120 valence electrons. The molecule has 7 nitrogen and oxygen atoms in total. The lowest BCUT2D eigenvalue weighted by atomic mass is 9.90. The number of rotatable bonds is 4. The van der Waals surface area contributed by atoms with Crippen LogP contribution in [0.15, 0.2) is 18.3 Å². The molecule has 2 rings (SSSR count). The van der Waals surface area contributed by atoms with Gasteiger partial charge in [0.15, 0.2) is 0 Å². The minimum atomic E-state index is -2.94. The van der Waals surface area contributed by atoms with Crippen molar-refractivity contribution >= 4 is 17.8 Å². The van der Waals surface area contributed by atoms with E-state index in [1.54, 1.807) is 6.92 Å². The molecular weight excluding hydrogens is 300 g/mol. The molecule has 0 spiro atoms. The highest BCUT2D eigenvalue weighted by Gasteiger charge is 2.42. The Bertz CT molecular complexity index is 567. The fourth-order valence-electron chi connectivity index (χ4n) is 2.12. The van der Waals surface area contributed by atoms with Crippen molar-refractivity contribution in [2.24, 2.45) is 5.41 Å². The van der Waals surface area contributed by atoms with Crippen molar-refractivity contribution in [1.29, 1.82) is 0 Å². The van der Waals surface area contributed by atoms with E-state index in [1.165, 1.54) is 17.0 Å². The molecule has 0 aromatic carbocycles. The second kappa shape index (κ2) is 6.12. The lowest BCUT2D eigenvalue weighted by Crippen LogP contribution is -2.37. The second-order valence-corrected chi connectivity index (χ2v) is 5.23. The summed E-state index contributed by atoms with van der Waals surface area (Å²) in [5.74, 6) is -0.905. The summed E-state index contributed by atoms with van der Waals surface area (Å²) in [5.41, 5.74) is -0.959. The molecule has 1 aromatic heterocycles. The van der Waals surface area contributed by atoms with Gasteiger partial charge in [0, 0.05) is 13.1 Å². The van der Waals surface area contributed by atoms with Crippen LogP contribution in [-0.4, -0.2) is 46.7 Å². The lowest BCUT2D eigenvalue weighted by Gasteiger charge is -2.20. The van der Waals surface area contributed by atoms with E-state index in [-0.39, 0.29) is 18.1 Å². The number of hydrogen-bond acceptors (Lipinski definition) is 4. The van der Waals surface area contributed by atoms with Crippen molar-refractivity contribution in [2.75, 3.05) is 18.4 Å². The minimum absolute atomic E-state index is 0.0980. The standard InChI is InChI=1S/C13H15F2N3O4/c1-13(10(19)20)4-5-18(7-13)12(21)17-9-3-2-8(6-16-9)22-11(14)15/h2-3,6,11H,4-5,7H2,1H3,(H,19,20)(H,16,17,21). The van der Waals surface area contributed by atoms with Crippen molar-refractivity contribution in [3.8, 4) is 5.75 Å². The number of carbonyl (C=O) groups is 2.